The van der Waals surface area contributed by atoms with Gasteiger partial charge < -0.3 is 4.57 Å². The van der Waals surface area contributed by atoms with Gasteiger partial charge in [-0.3, -0.25) is 9.59 Å². The number of ketones is 2. The second-order valence-corrected chi connectivity index (χ2v) is 6.90. The molecule has 0 saturated carbocycles. The zero-order valence-corrected chi connectivity index (χ0v) is 16.2. The van der Waals surface area contributed by atoms with Gasteiger partial charge in [-0.15, -0.1) is 0 Å². The Labute approximate surface area is 168 Å². The first kappa shape index (κ1) is 19.3. The molecule has 0 saturated heterocycles. The highest BCUT2D eigenvalue weighted by Gasteiger charge is 2.16. The molecule has 0 aliphatic heterocycles. The molecule has 0 spiro atoms. The minimum atomic E-state index is -0.353. The van der Waals surface area contributed by atoms with Gasteiger partial charge in [-0.2, -0.15) is 5.26 Å². The maximum Gasteiger partial charge on any atom is 0.203 e. The number of aryl methyl sites for hydroxylation is 2. The third-order valence-electron chi connectivity index (χ3n) is 4.38. The molecule has 1 heterocycles. The third kappa shape index (κ3) is 4.11. The average molecular weight is 389 g/mol. The lowest BCUT2D eigenvalue weighted by Gasteiger charge is -2.01. The van der Waals surface area contributed by atoms with Crippen LogP contribution in [0, 0.1) is 18.3 Å². The lowest BCUT2D eigenvalue weighted by molar-refractivity contribution is 0.103. The first-order valence-electron chi connectivity index (χ1n) is 8.59. The van der Waals surface area contributed by atoms with Crippen LogP contribution in [0.2, 0.25) is 5.02 Å². The van der Waals surface area contributed by atoms with Crippen molar-refractivity contribution in [1.82, 2.24) is 4.57 Å². The second kappa shape index (κ2) is 8.08. The van der Waals surface area contributed by atoms with Crippen LogP contribution in [0.1, 0.15) is 37.5 Å². The van der Waals surface area contributed by atoms with E-state index in [0.29, 0.717) is 27.4 Å². The van der Waals surface area contributed by atoms with Gasteiger partial charge in [-0.1, -0.05) is 41.4 Å². The maximum atomic E-state index is 12.7. The van der Waals surface area contributed by atoms with E-state index in [-0.39, 0.29) is 17.1 Å². The summed E-state index contributed by atoms with van der Waals surface area (Å²) in [7, 11) is 1.76. The SMILES string of the molecule is Cc1ccc(C(=O)/C(C#N)=C\c2cc(C(=O)c3ccc(Cl)cc3)cn2C)cc1. The van der Waals surface area contributed by atoms with Gasteiger partial charge in [0, 0.05) is 40.7 Å². The Hall–Kier alpha value is -3.42. The van der Waals surface area contributed by atoms with E-state index in [0.717, 1.165) is 5.56 Å². The molecule has 3 rings (SSSR count). The molecule has 0 fully saturated rings. The van der Waals surface area contributed by atoms with E-state index in [2.05, 4.69) is 0 Å². The predicted molar refractivity (Wildman–Crippen MR) is 109 cm³/mol. The van der Waals surface area contributed by atoms with E-state index in [1.165, 1.54) is 6.08 Å². The molecule has 4 nitrogen and oxygen atoms in total. The maximum absolute atomic E-state index is 12.7. The quantitative estimate of drug-likeness (QED) is 0.350. The Morgan fingerprint density at radius 1 is 1.00 bits per heavy atom. The summed E-state index contributed by atoms with van der Waals surface area (Å²) in [5.41, 5.74) is 3.07. The first-order valence-corrected chi connectivity index (χ1v) is 8.96. The Morgan fingerprint density at radius 3 is 2.21 bits per heavy atom. The summed E-state index contributed by atoms with van der Waals surface area (Å²) >= 11 is 5.87. The van der Waals surface area contributed by atoms with E-state index >= 15 is 0 Å². The summed E-state index contributed by atoms with van der Waals surface area (Å²) in [6.07, 6.45) is 3.18. The molecule has 0 amide bonds. The lowest BCUT2D eigenvalue weighted by Crippen LogP contribution is -2.02. The van der Waals surface area contributed by atoms with Gasteiger partial charge in [0.05, 0.1) is 0 Å². The van der Waals surface area contributed by atoms with Gasteiger partial charge in [0.15, 0.2) is 5.78 Å². The van der Waals surface area contributed by atoms with Crippen LogP contribution in [-0.4, -0.2) is 16.1 Å². The van der Waals surface area contributed by atoms with Crippen molar-refractivity contribution in [1.29, 1.82) is 5.26 Å². The van der Waals surface area contributed by atoms with Crippen LogP contribution in [0.3, 0.4) is 0 Å². The summed E-state index contributed by atoms with van der Waals surface area (Å²) in [5.74, 6) is -0.510. The fourth-order valence-electron chi connectivity index (χ4n) is 2.77. The number of carbonyl (C=O) groups excluding carboxylic acids is 2. The molecular formula is C23H17ClN2O2. The number of benzene rings is 2. The molecule has 0 bridgehead atoms. The van der Waals surface area contributed by atoms with Crippen LogP contribution in [0.15, 0.2) is 66.4 Å². The molecule has 28 heavy (non-hydrogen) atoms. The van der Waals surface area contributed by atoms with Gasteiger partial charge >= 0.3 is 0 Å². The molecule has 0 atom stereocenters. The number of halogens is 1. The third-order valence-corrected chi connectivity index (χ3v) is 4.64. The fourth-order valence-corrected chi connectivity index (χ4v) is 2.90. The monoisotopic (exact) mass is 388 g/mol. The molecule has 0 aliphatic rings. The van der Waals surface area contributed by atoms with Crippen molar-refractivity contribution in [2.24, 2.45) is 7.05 Å². The smallest absolute Gasteiger partial charge is 0.203 e. The predicted octanol–water partition coefficient (Wildman–Crippen LogP) is 5.01. The van der Waals surface area contributed by atoms with Gasteiger partial charge in [0.1, 0.15) is 11.6 Å². The van der Waals surface area contributed by atoms with E-state index in [1.807, 2.05) is 25.1 Å². The largest absolute Gasteiger partial charge is 0.350 e. The van der Waals surface area contributed by atoms with E-state index < -0.39 is 0 Å². The van der Waals surface area contributed by atoms with Crippen LogP contribution in [0.5, 0.6) is 0 Å². The summed E-state index contributed by atoms with van der Waals surface area (Å²) < 4.78 is 1.71. The highest BCUT2D eigenvalue weighted by Crippen LogP contribution is 2.19. The first-order chi connectivity index (χ1) is 13.4. The number of hydrogen-bond acceptors (Lipinski definition) is 3. The van der Waals surface area contributed by atoms with Crippen molar-refractivity contribution in [3.63, 3.8) is 0 Å². The normalized spacial score (nSPS) is 11.1. The molecule has 2 aromatic carbocycles. The molecule has 138 valence electrons. The van der Waals surface area contributed by atoms with Crippen molar-refractivity contribution in [3.8, 4) is 6.07 Å². The minimum Gasteiger partial charge on any atom is -0.350 e. The minimum absolute atomic E-state index is 0.00976. The molecular weight excluding hydrogens is 372 g/mol. The molecule has 0 unspecified atom stereocenters. The Morgan fingerprint density at radius 2 is 1.61 bits per heavy atom. The number of nitrogens with zero attached hydrogens (tertiary/aromatic N) is 2. The van der Waals surface area contributed by atoms with Crippen LogP contribution in [0.4, 0.5) is 0 Å². The van der Waals surface area contributed by atoms with Crippen LogP contribution < -0.4 is 0 Å². The number of hydrogen-bond donors (Lipinski definition) is 0. The molecule has 3 aromatic rings. The number of carbonyl (C=O) groups is 2. The molecule has 0 N–H and O–H groups in total. The number of Topliss-reactive ketones (excluding diaryl/α,β-unsaturated/α-hetero) is 1. The average Bonchev–Trinajstić information content (AvgIpc) is 3.06. The topological polar surface area (TPSA) is 62.9 Å². The Balaban J connectivity index is 1.91. The highest BCUT2D eigenvalue weighted by molar-refractivity contribution is 6.30. The lowest BCUT2D eigenvalue weighted by atomic mass is 10.0. The number of aromatic nitrogens is 1. The molecule has 1 aromatic heterocycles. The van der Waals surface area contributed by atoms with E-state index in [1.54, 1.807) is 60.3 Å². The van der Waals surface area contributed by atoms with Crippen molar-refractivity contribution in [3.05, 3.63) is 99.3 Å². The summed E-state index contributed by atoms with van der Waals surface area (Å²) in [5, 5.41) is 10.0. The number of rotatable bonds is 5. The molecule has 0 radical (unpaired) electrons. The summed E-state index contributed by atoms with van der Waals surface area (Å²) in [4.78, 5) is 25.3. The van der Waals surface area contributed by atoms with Crippen LogP contribution >= 0.6 is 11.6 Å². The zero-order valence-electron chi connectivity index (χ0n) is 15.4. The van der Waals surface area contributed by atoms with Crippen LogP contribution in [0.25, 0.3) is 6.08 Å². The van der Waals surface area contributed by atoms with Crippen LogP contribution in [-0.2, 0) is 7.05 Å². The van der Waals surface area contributed by atoms with Gasteiger partial charge in [-0.25, -0.2) is 0 Å². The summed E-state index contributed by atoms with van der Waals surface area (Å²) in [6, 6.07) is 17.3. The zero-order chi connectivity index (χ0) is 20.3. The van der Waals surface area contributed by atoms with Gasteiger partial charge in [-0.05, 0) is 43.3 Å². The summed E-state index contributed by atoms with van der Waals surface area (Å²) in [6.45, 7) is 1.93. The van der Waals surface area contributed by atoms with E-state index in [4.69, 9.17) is 11.6 Å². The number of nitriles is 1. The van der Waals surface area contributed by atoms with Gasteiger partial charge in [0.25, 0.3) is 0 Å². The second-order valence-electron chi connectivity index (χ2n) is 6.47. The Kier molecular flexibility index (Phi) is 5.58. The molecule has 5 heteroatoms. The van der Waals surface area contributed by atoms with Crippen molar-refractivity contribution >= 4 is 29.2 Å². The number of allylic oxidation sites excluding steroid dienone is 1. The highest BCUT2D eigenvalue weighted by atomic mass is 35.5. The Bertz CT molecular complexity index is 1110. The van der Waals surface area contributed by atoms with Crippen molar-refractivity contribution in [2.75, 3.05) is 0 Å². The van der Waals surface area contributed by atoms with Crippen molar-refractivity contribution in [2.45, 2.75) is 6.92 Å². The standard InChI is InChI=1S/C23H17ClN2O2/c1-15-3-5-16(6-4-15)22(27)18(13-25)11-21-12-19(14-26(21)2)23(28)17-7-9-20(24)10-8-17/h3-12,14H,1-2H3/b18-11-. The van der Waals surface area contributed by atoms with Crippen molar-refractivity contribution < 1.29 is 9.59 Å². The van der Waals surface area contributed by atoms with Gasteiger partial charge in [0.2, 0.25) is 5.78 Å². The van der Waals surface area contributed by atoms with E-state index in [9.17, 15) is 14.9 Å². The fraction of sp³-hybridized carbons (Fsp3) is 0.0870. The molecule has 0 aliphatic carbocycles.